The highest BCUT2D eigenvalue weighted by Gasteiger charge is 2.36. The van der Waals surface area contributed by atoms with E-state index in [1.54, 1.807) is 6.07 Å². The van der Waals surface area contributed by atoms with E-state index >= 15 is 0 Å². The van der Waals surface area contributed by atoms with Crippen molar-refractivity contribution in [2.24, 2.45) is 5.73 Å². The van der Waals surface area contributed by atoms with Crippen LogP contribution in [0.1, 0.15) is 16.8 Å². The predicted octanol–water partition coefficient (Wildman–Crippen LogP) is 2.81. The fraction of sp³-hybridized carbons (Fsp3) is 0.133. The van der Waals surface area contributed by atoms with Crippen molar-refractivity contribution in [3.63, 3.8) is 0 Å². The lowest BCUT2D eigenvalue weighted by molar-refractivity contribution is 0.0973. The molecule has 2 aromatic carbocycles. The van der Waals surface area contributed by atoms with Crippen molar-refractivity contribution >= 4 is 28.9 Å². The Hall–Kier alpha value is -2.05. The second-order valence-corrected chi connectivity index (χ2v) is 6.35. The summed E-state index contributed by atoms with van der Waals surface area (Å²) in [6, 6.07) is 10.9. The molecule has 0 spiro atoms. The number of fused-ring (bicyclic) bond motifs is 1. The van der Waals surface area contributed by atoms with Crippen LogP contribution in [-0.2, 0) is 0 Å². The van der Waals surface area contributed by atoms with Crippen LogP contribution in [0.4, 0.5) is 15.8 Å². The molecule has 0 saturated carbocycles. The van der Waals surface area contributed by atoms with Crippen molar-refractivity contribution < 1.29 is 9.18 Å². The molecule has 0 fully saturated rings. The smallest absolute Gasteiger partial charge is 0.167 e. The lowest BCUT2D eigenvalue weighted by Crippen LogP contribution is -2.43. The van der Waals surface area contributed by atoms with Gasteiger partial charge in [-0.25, -0.2) is 4.39 Å². The van der Waals surface area contributed by atoms with Gasteiger partial charge in [-0.15, -0.1) is 0 Å². The van der Waals surface area contributed by atoms with Gasteiger partial charge in [0.1, 0.15) is 10.8 Å². The average Bonchev–Trinajstić information content (AvgIpc) is 2.74. The number of Topliss-reactive ketones (excluding diaryl/α,β-unsaturated/α-hetero) is 1. The van der Waals surface area contributed by atoms with E-state index in [0.29, 0.717) is 11.3 Å². The molecular formula is C15H14FN3OS. The number of anilines is 2. The molecule has 0 bridgehead atoms. The van der Waals surface area contributed by atoms with Crippen LogP contribution in [-0.4, -0.2) is 10.8 Å². The maximum atomic E-state index is 12.9. The summed E-state index contributed by atoms with van der Waals surface area (Å²) in [5, 5.41) is 3.14. The molecule has 1 aliphatic rings. The quantitative estimate of drug-likeness (QED) is 0.600. The summed E-state index contributed by atoms with van der Waals surface area (Å²) >= 11 is 1.37. The lowest BCUT2D eigenvalue weighted by atomic mass is 10.1. The first-order valence-electron chi connectivity index (χ1n) is 6.40. The van der Waals surface area contributed by atoms with Crippen molar-refractivity contribution in [3.05, 3.63) is 53.8 Å². The third-order valence-electron chi connectivity index (χ3n) is 3.23. The molecule has 108 valence electrons. The van der Waals surface area contributed by atoms with Gasteiger partial charge >= 0.3 is 0 Å². The zero-order chi connectivity index (χ0) is 15.0. The molecule has 6 heteroatoms. The van der Waals surface area contributed by atoms with Gasteiger partial charge in [0.25, 0.3) is 0 Å². The number of halogens is 1. The number of thioether (sulfide) groups is 1. The van der Waals surface area contributed by atoms with Gasteiger partial charge in [-0.2, -0.15) is 0 Å². The third kappa shape index (κ3) is 2.86. The Kier molecular flexibility index (Phi) is 3.35. The highest BCUT2D eigenvalue weighted by atomic mass is 32.2. The fourth-order valence-corrected chi connectivity index (χ4v) is 3.41. The monoisotopic (exact) mass is 303 g/mol. The topological polar surface area (TPSA) is 81.1 Å². The number of nitrogens with one attached hydrogen (secondary N) is 1. The molecule has 0 aromatic heterocycles. The normalized spacial score (nSPS) is 19.9. The van der Waals surface area contributed by atoms with Gasteiger partial charge in [0, 0.05) is 16.1 Å². The van der Waals surface area contributed by atoms with E-state index in [9.17, 15) is 9.18 Å². The van der Waals surface area contributed by atoms with Crippen LogP contribution in [0.5, 0.6) is 0 Å². The maximum Gasteiger partial charge on any atom is 0.167 e. The van der Waals surface area contributed by atoms with Crippen LogP contribution in [0.3, 0.4) is 0 Å². The van der Waals surface area contributed by atoms with E-state index in [2.05, 4.69) is 5.32 Å². The molecule has 0 amide bonds. The van der Waals surface area contributed by atoms with Gasteiger partial charge in [0.15, 0.2) is 5.78 Å². The molecule has 2 aromatic rings. The highest BCUT2D eigenvalue weighted by molar-refractivity contribution is 8.01. The van der Waals surface area contributed by atoms with E-state index in [1.807, 2.05) is 12.1 Å². The highest BCUT2D eigenvalue weighted by Crippen LogP contribution is 2.45. The lowest BCUT2D eigenvalue weighted by Gasteiger charge is -2.23. The van der Waals surface area contributed by atoms with E-state index in [-0.39, 0.29) is 18.0 Å². The van der Waals surface area contributed by atoms with Crippen LogP contribution < -0.4 is 16.8 Å². The average molecular weight is 303 g/mol. The van der Waals surface area contributed by atoms with Crippen molar-refractivity contribution in [1.29, 1.82) is 0 Å². The summed E-state index contributed by atoms with van der Waals surface area (Å²) in [6.07, 6.45) is 0.0951. The van der Waals surface area contributed by atoms with Gasteiger partial charge in [0.05, 0.1) is 12.1 Å². The summed E-state index contributed by atoms with van der Waals surface area (Å²) in [7, 11) is 0. The largest absolute Gasteiger partial charge is 0.399 e. The van der Waals surface area contributed by atoms with E-state index in [0.717, 1.165) is 10.6 Å². The number of rotatable bonds is 3. The van der Waals surface area contributed by atoms with E-state index < -0.39 is 4.99 Å². The van der Waals surface area contributed by atoms with Gasteiger partial charge in [0.2, 0.25) is 0 Å². The molecule has 1 atom stereocenters. The zero-order valence-electron chi connectivity index (χ0n) is 11.1. The molecule has 4 nitrogen and oxygen atoms in total. The Balaban J connectivity index is 1.76. The second kappa shape index (κ2) is 5.05. The Bertz CT molecular complexity index is 705. The maximum absolute atomic E-state index is 12.9. The van der Waals surface area contributed by atoms with Crippen LogP contribution >= 0.6 is 11.8 Å². The van der Waals surface area contributed by atoms with Crippen molar-refractivity contribution in [3.8, 4) is 0 Å². The number of hydrogen-bond donors (Lipinski definition) is 3. The fourth-order valence-electron chi connectivity index (χ4n) is 2.23. The van der Waals surface area contributed by atoms with E-state index in [4.69, 9.17) is 11.5 Å². The molecule has 1 heterocycles. The van der Waals surface area contributed by atoms with Gasteiger partial charge in [-0.3, -0.25) is 10.5 Å². The van der Waals surface area contributed by atoms with Gasteiger partial charge < -0.3 is 11.1 Å². The Morgan fingerprint density at radius 3 is 2.67 bits per heavy atom. The first-order valence-corrected chi connectivity index (χ1v) is 7.21. The molecule has 0 saturated heterocycles. The molecule has 0 radical (unpaired) electrons. The minimum absolute atomic E-state index is 0.0951. The minimum atomic E-state index is -0.915. The minimum Gasteiger partial charge on any atom is -0.399 e. The number of nitrogens with two attached hydrogens (primary N) is 2. The molecule has 1 unspecified atom stereocenters. The predicted molar refractivity (Wildman–Crippen MR) is 82.6 cm³/mol. The molecular weight excluding hydrogens is 289 g/mol. The van der Waals surface area contributed by atoms with Crippen LogP contribution in [0.15, 0.2) is 47.4 Å². The Morgan fingerprint density at radius 2 is 1.95 bits per heavy atom. The number of benzene rings is 2. The third-order valence-corrected chi connectivity index (χ3v) is 4.40. The number of nitrogen functional groups attached to an aromatic ring is 1. The SMILES string of the molecule is Nc1ccc2c(c1)SC(N)(CC(=O)c1ccc(F)cc1)N2. The molecule has 1 aliphatic heterocycles. The molecule has 3 rings (SSSR count). The number of ketones is 1. The molecule has 21 heavy (non-hydrogen) atoms. The van der Waals surface area contributed by atoms with Crippen LogP contribution in [0.2, 0.25) is 0 Å². The summed E-state index contributed by atoms with van der Waals surface area (Å²) in [6.45, 7) is 0. The summed E-state index contributed by atoms with van der Waals surface area (Å²) in [5.74, 6) is -0.511. The van der Waals surface area contributed by atoms with Gasteiger partial charge in [-0.1, -0.05) is 11.8 Å². The standard InChI is InChI=1S/C15H14FN3OS/c16-10-3-1-9(2-4-10)13(20)8-15(18)19-12-6-5-11(17)7-14(12)21-15/h1-7,19H,8,17-18H2. The molecule has 0 aliphatic carbocycles. The van der Waals surface area contributed by atoms with E-state index in [1.165, 1.54) is 36.0 Å². The van der Waals surface area contributed by atoms with Crippen molar-refractivity contribution in [1.82, 2.24) is 0 Å². The second-order valence-electron chi connectivity index (χ2n) is 4.98. The number of carbonyl (C=O) groups excluding carboxylic acids is 1. The Labute approximate surface area is 125 Å². The summed E-state index contributed by atoms with van der Waals surface area (Å²) < 4.78 is 12.9. The van der Waals surface area contributed by atoms with Crippen LogP contribution in [0, 0.1) is 5.82 Å². The summed E-state index contributed by atoms with van der Waals surface area (Å²) in [5.41, 5.74) is 13.9. The van der Waals surface area contributed by atoms with Crippen molar-refractivity contribution in [2.45, 2.75) is 16.3 Å². The zero-order valence-corrected chi connectivity index (χ0v) is 11.9. The number of carbonyl (C=O) groups is 1. The molecule has 5 N–H and O–H groups in total. The Morgan fingerprint density at radius 1 is 1.24 bits per heavy atom. The first kappa shape index (κ1) is 13.9. The van der Waals surface area contributed by atoms with Gasteiger partial charge in [-0.05, 0) is 42.5 Å². The van der Waals surface area contributed by atoms with Crippen molar-refractivity contribution in [2.75, 3.05) is 11.1 Å². The first-order chi connectivity index (χ1) is 9.95. The van der Waals surface area contributed by atoms with Crippen LogP contribution in [0.25, 0.3) is 0 Å². The summed E-state index contributed by atoms with van der Waals surface area (Å²) in [4.78, 5) is 12.3. The number of hydrogen-bond acceptors (Lipinski definition) is 5.